The Morgan fingerprint density at radius 3 is 2.32 bits per heavy atom. The largest absolute Gasteiger partial charge is 0.463 e. The van der Waals surface area contributed by atoms with Crippen LogP contribution in [0.15, 0.2) is 12.2 Å². The molecule has 0 aromatic carbocycles. The van der Waals surface area contributed by atoms with Crippen molar-refractivity contribution in [3.63, 3.8) is 0 Å². The van der Waals surface area contributed by atoms with E-state index < -0.39 is 0 Å². The molecule has 0 saturated carbocycles. The molecule has 0 aliphatic carbocycles. The van der Waals surface area contributed by atoms with Crippen LogP contribution in [0.1, 0.15) is 58.8 Å². The highest BCUT2D eigenvalue weighted by molar-refractivity contribution is 5.81. The molecule has 4 heteroatoms. The zero-order valence-electron chi connectivity index (χ0n) is 12.2. The van der Waals surface area contributed by atoms with Crippen LogP contribution in [0, 0.1) is 0 Å². The standard InChI is InChI=1S/C15H27NO3/c1-3-19-15(18)12-10-8-6-4-5-7-9-11-13-16-14(2)17/h10,12H,3-9,11,13H2,1-2H3,(H,16,17). The zero-order valence-corrected chi connectivity index (χ0v) is 12.2. The van der Waals surface area contributed by atoms with Gasteiger partial charge >= 0.3 is 5.97 Å². The van der Waals surface area contributed by atoms with Crippen molar-refractivity contribution in [3.8, 4) is 0 Å². The molecule has 0 atom stereocenters. The number of rotatable bonds is 11. The van der Waals surface area contributed by atoms with Crippen molar-refractivity contribution in [3.05, 3.63) is 12.2 Å². The SMILES string of the molecule is CCOC(=O)C=CCCCCCCCCNC(C)=O. The molecule has 0 heterocycles. The van der Waals surface area contributed by atoms with Gasteiger partial charge in [0.2, 0.25) is 5.91 Å². The third-order valence-electron chi connectivity index (χ3n) is 2.71. The Balaban J connectivity index is 3.18. The predicted octanol–water partition coefficient (Wildman–Crippen LogP) is 2.97. The van der Waals surface area contributed by atoms with Crippen molar-refractivity contribution in [2.24, 2.45) is 0 Å². The van der Waals surface area contributed by atoms with Crippen LogP contribution in [0.2, 0.25) is 0 Å². The monoisotopic (exact) mass is 269 g/mol. The number of amides is 1. The summed E-state index contributed by atoms with van der Waals surface area (Å²) in [6.45, 7) is 4.57. The Hall–Kier alpha value is -1.32. The molecule has 0 rings (SSSR count). The van der Waals surface area contributed by atoms with Gasteiger partial charge in [-0.15, -0.1) is 0 Å². The Morgan fingerprint density at radius 1 is 1.05 bits per heavy atom. The zero-order chi connectivity index (χ0) is 14.3. The molecule has 4 nitrogen and oxygen atoms in total. The van der Waals surface area contributed by atoms with Crippen LogP contribution in [-0.4, -0.2) is 25.0 Å². The van der Waals surface area contributed by atoms with Crippen LogP contribution < -0.4 is 5.32 Å². The smallest absolute Gasteiger partial charge is 0.330 e. The van der Waals surface area contributed by atoms with Gasteiger partial charge in [-0.2, -0.15) is 0 Å². The summed E-state index contributed by atoms with van der Waals surface area (Å²) in [6.07, 6.45) is 11.3. The fraction of sp³-hybridized carbons (Fsp3) is 0.733. The number of esters is 1. The molecule has 0 aliphatic heterocycles. The summed E-state index contributed by atoms with van der Waals surface area (Å²) in [5.74, 6) is -0.200. The molecule has 0 bridgehead atoms. The van der Waals surface area contributed by atoms with Gasteiger partial charge < -0.3 is 10.1 Å². The molecule has 0 radical (unpaired) electrons. The molecular weight excluding hydrogens is 242 g/mol. The third-order valence-corrected chi connectivity index (χ3v) is 2.71. The van der Waals surface area contributed by atoms with E-state index in [1.807, 2.05) is 6.08 Å². The van der Waals surface area contributed by atoms with Crippen LogP contribution in [-0.2, 0) is 14.3 Å². The van der Waals surface area contributed by atoms with Gasteiger partial charge in [0.25, 0.3) is 0 Å². The van der Waals surface area contributed by atoms with Gasteiger partial charge in [-0.1, -0.05) is 31.8 Å². The van der Waals surface area contributed by atoms with E-state index in [1.54, 1.807) is 13.8 Å². The minimum Gasteiger partial charge on any atom is -0.463 e. The molecular formula is C15H27NO3. The lowest BCUT2D eigenvalue weighted by Crippen LogP contribution is -2.20. The highest BCUT2D eigenvalue weighted by atomic mass is 16.5. The van der Waals surface area contributed by atoms with Crippen LogP contribution in [0.25, 0.3) is 0 Å². The quantitative estimate of drug-likeness (QED) is 0.356. The minimum absolute atomic E-state index is 0.0494. The van der Waals surface area contributed by atoms with Gasteiger partial charge in [0.05, 0.1) is 6.61 Å². The van der Waals surface area contributed by atoms with Crippen LogP contribution in [0.5, 0.6) is 0 Å². The summed E-state index contributed by atoms with van der Waals surface area (Å²) < 4.78 is 4.79. The fourth-order valence-corrected chi connectivity index (χ4v) is 1.73. The number of carbonyl (C=O) groups excluding carboxylic acids is 2. The molecule has 0 aromatic rings. The van der Waals surface area contributed by atoms with E-state index in [4.69, 9.17) is 4.74 Å². The van der Waals surface area contributed by atoms with Gasteiger partial charge in [0.15, 0.2) is 0 Å². The summed E-state index contributed by atoms with van der Waals surface area (Å²) in [7, 11) is 0. The molecule has 0 spiro atoms. The first-order valence-corrected chi connectivity index (χ1v) is 7.24. The van der Waals surface area contributed by atoms with Crippen molar-refractivity contribution in [2.75, 3.05) is 13.2 Å². The number of allylic oxidation sites excluding steroid dienone is 1. The lowest BCUT2D eigenvalue weighted by molar-refractivity contribution is -0.137. The Bertz CT molecular complexity index is 275. The number of unbranched alkanes of at least 4 members (excludes halogenated alkanes) is 6. The number of hydrogen-bond donors (Lipinski definition) is 1. The summed E-state index contributed by atoms with van der Waals surface area (Å²) in [6, 6.07) is 0. The highest BCUT2D eigenvalue weighted by Crippen LogP contribution is 2.07. The maximum atomic E-state index is 11.0. The van der Waals surface area contributed by atoms with E-state index in [9.17, 15) is 9.59 Å². The van der Waals surface area contributed by atoms with E-state index in [2.05, 4.69) is 5.32 Å². The Morgan fingerprint density at radius 2 is 1.68 bits per heavy atom. The summed E-state index contributed by atoms with van der Waals surface area (Å²) in [5, 5.41) is 2.79. The van der Waals surface area contributed by atoms with Crippen LogP contribution >= 0.6 is 0 Å². The molecule has 0 aromatic heterocycles. The number of nitrogens with one attached hydrogen (secondary N) is 1. The van der Waals surface area contributed by atoms with Crippen molar-refractivity contribution in [1.29, 1.82) is 0 Å². The van der Waals surface area contributed by atoms with E-state index >= 15 is 0 Å². The normalized spacial score (nSPS) is 10.6. The molecule has 0 aliphatic rings. The second-order valence-electron chi connectivity index (χ2n) is 4.55. The first-order valence-electron chi connectivity index (χ1n) is 7.24. The van der Waals surface area contributed by atoms with E-state index in [0.717, 1.165) is 25.8 Å². The molecule has 0 fully saturated rings. The molecule has 110 valence electrons. The average Bonchev–Trinajstić information content (AvgIpc) is 2.36. The highest BCUT2D eigenvalue weighted by Gasteiger charge is 1.94. The van der Waals surface area contributed by atoms with Gasteiger partial charge in [-0.3, -0.25) is 4.79 Å². The van der Waals surface area contributed by atoms with Crippen molar-refractivity contribution >= 4 is 11.9 Å². The van der Waals surface area contributed by atoms with Crippen molar-refractivity contribution in [1.82, 2.24) is 5.32 Å². The molecule has 0 unspecified atom stereocenters. The van der Waals surface area contributed by atoms with Crippen molar-refractivity contribution < 1.29 is 14.3 Å². The van der Waals surface area contributed by atoms with Crippen LogP contribution in [0.4, 0.5) is 0 Å². The van der Waals surface area contributed by atoms with E-state index in [1.165, 1.54) is 31.8 Å². The van der Waals surface area contributed by atoms with Gasteiger partial charge in [0.1, 0.15) is 0 Å². The molecule has 19 heavy (non-hydrogen) atoms. The lowest BCUT2D eigenvalue weighted by Gasteiger charge is -2.02. The first-order chi connectivity index (χ1) is 9.16. The molecule has 0 saturated heterocycles. The second-order valence-corrected chi connectivity index (χ2v) is 4.55. The topological polar surface area (TPSA) is 55.4 Å². The van der Waals surface area contributed by atoms with Crippen molar-refractivity contribution in [2.45, 2.75) is 58.8 Å². The summed E-state index contributed by atoms with van der Waals surface area (Å²) >= 11 is 0. The number of hydrogen-bond acceptors (Lipinski definition) is 3. The van der Waals surface area contributed by atoms with Gasteiger partial charge in [-0.05, 0) is 26.2 Å². The fourth-order valence-electron chi connectivity index (χ4n) is 1.73. The van der Waals surface area contributed by atoms with Gasteiger partial charge in [0, 0.05) is 19.5 Å². The lowest BCUT2D eigenvalue weighted by atomic mass is 10.1. The summed E-state index contributed by atoms with van der Waals surface area (Å²) in [5.41, 5.74) is 0. The second kappa shape index (κ2) is 13.1. The van der Waals surface area contributed by atoms with E-state index in [0.29, 0.717) is 6.61 Å². The Labute approximate surface area is 116 Å². The predicted molar refractivity (Wildman–Crippen MR) is 76.8 cm³/mol. The van der Waals surface area contributed by atoms with Gasteiger partial charge in [-0.25, -0.2) is 4.79 Å². The maximum absolute atomic E-state index is 11.0. The molecule has 1 N–H and O–H groups in total. The maximum Gasteiger partial charge on any atom is 0.330 e. The minimum atomic E-state index is -0.250. The van der Waals surface area contributed by atoms with Crippen LogP contribution in [0.3, 0.4) is 0 Å². The number of ether oxygens (including phenoxy) is 1. The third kappa shape index (κ3) is 14.6. The first kappa shape index (κ1) is 17.7. The average molecular weight is 269 g/mol. The van der Waals surface area contributed by atoms with E-state index in [-0.39, 0.29) is 11.9 Å². The molecule has 1 amide bonds. The number of carbonyl (C=O) groups is 2. The Kier molecular flexibility index (Phi) is 12.2. The summed E-state index contributed by atoms with van der Waals surface area (Å²) in [4.78, 5) is 21.6.